The maximum absolute atomic E-state index is 0. The van der Waals surface area contributed by atoms with E-state index < -0.39 is 0 Å². The molecule has 0 amide bonds. The van der Waals surface area contributed by atoms with Gasteiger partial charge in [0.2, 0.25) is 0 Å². The van der Waals surface area contributed by atoms with Gasteiger partial charge in [-0.15, -0.1) is 0 Å². The molecule has 0 aromatic heterocycles. The Morgan fingerprint density at radius 1 is 1.00 bits per heavy atom. The summed E-state index contributed by atoms with van der Waals surface area (Å²) in [7, 11) is 0. The van der Waals surface area contributed by atoms with E-state index in [0.717, 1.165) is 0 Å². The fraction of sp³-hybridized carbons (Fsp3) is 0. The molecule has 0 bridgehead atoms. The SMILES string of the molecule is [AlH3].[Cu].[Ir].[Pt].[Ti]. The van der Waals surface area contributed by atoms with Crippen LogP contribution in [0.15, 0.2) is 0 Å². The first-order valence-electron chi connectivity index (χ1n) is 0. The summed E-state index contributed by atoms with van der Waals surface area (Å²) in [5.41, 5.74) is 0. The van der Waals surface area contributed by atoms with E-state index in [-0.39, 0.29) is 97.3 Å². The Balaban J connectivity index is 0. The van der Waals surface area contributed by atoms with Crippen molar-refractivity contribution in [3.8, 4) is 0 Å². The first-order valence-corrected chi connectivity index (χ1v) is 0. The van der Waals surface area contributed by atoms with Crippen LogP contribution in [-0.2, 0) is 80.0 Å². The van der Waals surface area contributed by atoms with E-state index >= 15 is 0 Å². The molecule has 0 rings (SSSR count). The van der Waals surface area contributed by atoms with E-state index in [1.807, 2.05) is 0 Å². The Morgan fingerprint density at radius 3 is 1.00 bits per heavy atom. The van der Waals surface area contributed by atoms with Gasteiger partial charge >= 0.3 is 0 Å². The van der Waals surface area contributed by atoms with Crippen molar-refractivity contribution in [3.63, 3.8) is 0 Å². The van der Waals surface area contributed by atoms with Crippen LogP contribution in [0.5, 0.6) is 0 Å². The van der Waals surface area contributed by atoms with Gasteiger partial charge in [0.1, 0.15) is 0 Å². The van der Waals surface area contributed by atoms with E-state index in [1.54, 1.807) is 0 Å². The van der Waals surface area contributed by atoms with Gasteiger partial charge in [0.05, 0.1) is 0 Å². The summed E-state index contributed by atoms with van der Waals surface area (Å²) in [5.74, 6) is 0. The second-order valence-corrected chi connectivity index (χ2v) is 0. The van der Waals surface area contributed by atoms with Crippen molar-refractivity contribution < 1.29 is 80.0 Å². The summed E-state index contributed by atoms with van der Waals surface area (Å²) in [5, 5.41) is 0. The third-order valence-corrected chi connectivity index (χ3v) is 0. The van der Waals surface area contributed by atoms with E-state index in [9.17, 15) is 0 Å². The van der Waals surface area contributed by atoms with Crippen molar-refractivity contribution in [2.75, 3.05) is 0 Å². The smallest absolute Gasteiger partial charge is 0 e. The van der Waals surface area contributed by atoms with Crippen molar-refractivity contribution in [2.45, 2.75) is 0 Å². The molecule has 5 heavy (non-hydrogen) atoms. The first kappa shape index (κ1) is 42.4. The Hall–Kier alpha value is 3.10. The van der Waals surface area contributed by atoms with E-state index in [0.29, 0.717) is 0 Å². The van der Waals surface area contributed by atoms with Gasteiger partial charge in [-0.3, -0.25) is 0 Å². The maximum atomic E-state index is 0. The molecule has 0 aliphatic heterocycles. The predicted octanol–water partition coefficient (Wildman–Crippen LogP) is -1.19. The van der Waals surface area contributed by atoms with Crippen LogP contribution < -0.4 is 0 Å². The van der Waals surface area contributed by atoms with Crippen LogP contribution in [0.2, 0.25) is 0 Å². The minimum absolute atomic E-state index is 0. The average molecular weight is 529 g/mol. The fourth-order valence-corrected chi connectivity index (χ4v) is 0. The molecule has 0 unspecified atom stereocenters. The summed E-state index contributed by atoms with van der Waals surface area (Å²) >= 11 is 0. The van der Waals surface area contributed by atoms with Gasteiger partial charge in [0, 0.05) is 80.0 Å². The van der Waals surface area contributed by atoms with Gasteiger partial charge < -0.3 is 0 Å². The monoisotopic (exact) mass is 529 g/mol. The molecule has 0 nitrogen and oxygen atoms in total. The Morgan fingerprint density at radius 2 is 1.00 bits per heavy atom. The zero-order valence-corrected chi connectivity index (χ0v) is 8.62. The van der Waals surface area contributed by atoms with Gasteiger partial charge in [-0.05, 0) is 0 Å². The molecule has 0 saturated heterocycles. The van der Waals surface area contributed by atoms with Gasteiger partial charge in [0.25, 0.3) is 0 Å². The van der Waals surface area contributed by atoms with Crippen LogP contribution in [-0.4, -0.2) is 17.4 Å². The van der Waals surface area contributed by atoms with Crippen LogP contribution in [0.1, 0.15) is 0 Å². The predicted molar refractivity (Wildman–Crippen MR) is 9.94 cm³/mol. The minimum Gasteiger partial charge on any atom is 0 e. The first-order chi connectivity index (χ1) is 0. The standard InChI is InChI=1S/Al.Cu.Ir.Pt.Ti.3H. The summed E-state index contributed by atoms with van der Waals surface area (Å²) in [6.45, 7) is 0. The van der Waals surface area contributed by atoms with Crippen LogP contribution in [0.25, 0.3) is 0 Å². The molecule has 5 heteroatoms. The van der Waals surface area contributed by atoms with Crippen molar-refractivity contribution in [1.82, 2.24) is 0 Å². The maximum Gasteiger partial charge on any atom is 0.187 e. The van der Waals surface area contributed by atoms with Crippen molar-refractivity contribution >= 4 is 17.4 Å². The van der Waals surface area contributed by atoms with E-state index in [4.69, 9.17) is 0 Å². The molecule has 0 atom stereocenters. The second-order valence-electron chi connectivity index (χ2n) is 0. The quantitative estimate of drug-likeness (QED) is 0.347. The third-order valence-electron chi connectivity index (χ3n) is 0. The molecule has 0 heterocycles. The molecule has 0 fully saturated rings. The molecule has 0 aromatic carbocycles. The zero-order chi connectivity index (χ0) is 0. The second kappa shape index (κ2) is 27.5. The molecular weight excluding hydrogens is 526 g/mol. The number of hydrogen-bond acceptors (Lipinski definition) is 0. The Bertz CT molecular complexity index is 11.6. The molecule has 2 radical (unpaired) electrons. The van der Waals surface area contributed by atoms with Gasteiger partial charge in [-0.25, -0.2) is 0 Å². The van der Waals surface area contributed by atoms with Crippen LogP contribution in [0, 0.1) is 0 Å². The summed E-state index contributed by atoms with van der Waals surface area (Å²) in [6.07, 6.45) is 0. The Kier molecular flexibility index (Phi) is 233. The molecule has 0 aliphatic rings. The normalized spacial score (nSPS) is 0. The molecule has 0 saturated carbocycles. The topological polar surface area (TPSA) is 0 Å². The number of rotatable bonds is 0. The average Bonchev–Trinajstić information content (AvgIpc) is 0. The summed E-state index contributed by atoms with van der Waals surface area (Å²) < 4.78 is 0. The Labute approximate surface area is 95.7 Å². The van der Waals surface area contributed by atoms with Gasteiger partial charge in [-0.2, -0.15) is 0 Å². The van der Waals surface area contributed by atoms with Gasteiger partial charge in [-0.1, -0.05) is 0 Å². The fourth-order valence-electron chi connectivity index (χ4n) is 0. The summed E-state index contributed by atoms with van der Waals surface area (Å²) in [4.78, 5) is 0. The molecule has 0 N–H and O–H groups in total. The number of hydrogen-bond donors (Lipinski definition) is 0. The van der Waals surface area contributed by atoms with Crippen molar-refractivity contribution in [3.05, 3.63) is 0 Å². The third kappa shape index (κ3) is 19.2. The van der Waals surface area contributed by atoms with Crippen LogP contribution in [0.4, 0.5) is 0 Å². The van der Waals surface area contributed by atoms with E-state index in [1.165, 1.54) is 0 Å². The minimum atomic E-state index is 0. The largest absolute Gasteiger partial charge is 0.187 e. The molecule has 0 aromatic rings. The van der Waals surface area contributed by atoms with Crippen LogP contribution in [0.3, 0.4) is 0 Å². The molecule has 0 spiro atoms. The van der Waals surface area contributed by atoms with Crippen molar-refractivity contribution in [2.24, 2.45) is 0 Å². The molecular formula is H3AlCuIrPtTi. The van der Waals surface area contributed by atoms with E-state index in [2.05, 4.69) is 0 Å². The van der Waals surface area contributed by atoms with Crippen molar-refractivity contribution in [1.29, 1.82) is 0 Å². The molecule has 0 aliphatic carbocycles. The van der Waals surface area contributed by atoms with Gasteiger partial charge in [0.15, 0.2) is 17.4 Å². The summed E-state index contributed by atoms with van der Waals surface area (Å²) in [6, 6.07) is 0. The molecule has 40 valence electrons. The zero-order valence-electron chi connectivity index (χ0n) is 1.45. The van der Waals surface area contributed by atoms with Crippen LogP contribution >= 0.6 is 0 Å².